The molecule has 0 saturated heterocycles. The first-order chi connectivity index (χ1) is 9.56. The highest BCUT2D eigenvalue weighted by Gasteiger charge is 2.19. The van der Waals surface area contributed by atoms with Gasteiger partial charge in [0.05, 0.1) is 30.7 Å². The van der Waals surface area contributed by atoms with Crippen LogP contribution in [-0.2, 0) is 6.54 Å². The first-order valence-electron chi connectivity index (χ1n) is 6.50. The summed E-state index contributed by atoms with van der Waals surface area (Å²) in [6, 6.07) is -0.0488. The zero-order valence-electron chi connectivity index (χ0n) is 11.8. The Kier molecular flexibility index (Phi) is 4.39. The third kappa shape index (κ3) is 3.59. The van der Waals surface area contributed by atoms with E-state index in [1.165, 1.54) is 6.20 Å². The van der Waals surface area contributed by atoms with Crippen molar-refractivity contribution in [2.45, 2.75) is 33.4 Å². The molecule has 2 aromatic heterocycles. The van der Waals surface area contributed by atoms with Gasteiger partial charge < -0.3 is 5.32 Å². The molecule has 0 bridgehead atoms. The molecule has 1 amide bonds. The number of carbonyl (C=O) groups excluding carboxylic acids is 1. The molecule has 2 heterocycles. The van der Waals surface area contributed by atoms with E-state index >= 15 is 0 Å². The molecule has 20 heavy (non-hydrogen) atoms. The van der Waals surface area contributed by atoms with Crippen molar-refractivity contribution in [2.75, 3.05) is 0 Å². The summed E-state index contributed by atoms with van der Waals surface area (Å²) < 4.78 is 1.70. The summed E-state index contributed by atoms with van der Waals surface area (Å²) in [5.74, 6) is 0.0397. The van der Waals surface area contributed by atoms with E-state index in [0.717, 1.165) is 5.69 Å². The van der Waals surface area contributed by atoms with Crippen LogP contribution in [0.15, 0.2) is 24.8 Å². The zero-order chi connectivity index (χ0) is 14.5. The van der Waals surface area contributed by atoms with Gasteiger partial charge in [0.1, 0.15) is 5.69 Å². The van der Waals surface area contributed by atoms with Gasteiger partial charge in [0.15, 0.2) is 0 Å². The average Bonchev–Trinajstić information content (AvgIpc) is 2.91. The summed E-state index contributed by atoms with van der Waals surface area (Å²) in [5.41, 5.74) is 1.10. The van der Waals surface area contributed by atoms with E-state index in [2.05, 4.69) is 25.6 Å². The molecule has 7 heteroatoms. The van der Waals surface area contributed by atoms with E-state index in [0.29, 0.717) is 12.2 Å². The first-order valence-corrected chi connectivity index (χ1v) is 6.50. The Morgan fingerprint density at radius 2 is 2.15 bits per heavy atom. The number of carbonyl (C=O) groups is 1. The molecule has 2 rings (SSSR count). The fraction of sp³-hybridized carbons (Fsp3) is 0.462. The lowest BCUT2D eigenvalue weighted by Gasteiger charge is -2.21. The maximum atomic E-state index is 12.1. The molecule has 1 atom stereocenters. The van der Waals surface area contributed by atoms with Gasteiger partial charge in [-0.2, -0.15) is 0 Å². The van der Waals surface area contributed by atoms with Crippen molar-refractivity contribution in [1.82, 2.24) is 30.3 Å². The van der Waals surface area contributed by atoms with Crippen LogP contribution in [0.25, 0.3) is 0 Å². The number of nitrogens with one attached hydrogen (secondary N) is 1. The van der Waals surface area contributed by atoms with Gasteiger partial charge in [-0.1, -0.05) is 19.1 Å². The lowest BCUT2D eigenvalue weighted by atomic mass is 10.0. The highest BCUT2D eigenvalue weighted by Crippen LogP contribution is 2.05. The van der Waals surface area contributed by atoms with Crippen LogP contribution in [0, 0.1) is 12.8 Å². The third-order valence-corrected chi connectivity index (χ3v) is 2.99. The highest BCUT2D eigenvalue weighted by molar-refractivity contribution is 5.92. The quantitative estimate of drug-likeness (QED) is 0.873. The van der Waals surface area contributed by atoms with Gasteiger partial charge in [-0.25, -0.2) is 4.98 Å². The number of rotatable bonds is 5. The summed E-state index contributed by atoms with van der Waals surface area (Å²) in [7, 11) is 0. The van der Waals surface area contributed by atoms with Crippen LogP contribution in [0.5, 0.6) is 0 Å². The van der Waals surface area contributed by atoms with E-state index in [1.54, 1.807) is 23.3 Å². The van der Waals surface area contributed by atoms with E-state index in [-0.39, 0.29) is 17.9 Å². The molecule has 7 nitrogen and oxygen atoms in total. The second-order valence-corrected chi connectivity index (χ2v) is 4.99. The van der Waals surface area contributed by atoms with Crippen molar-refractivity contribution >= 4 is 5.91 Å². The van der Waals surface area contributed by atoms with Gasteiger partial charge in [0, 0.05) is 12.4 Å². The Labute approximate surface area is 117 Å². The molecule has 0 radical (unpaired) electrons. The van der Waals surface area contributed by atoms with Gasteiger partial charge in [-0.3, -0.25) is 14.5 Å². The maximum Gasteiger partial charge on any atom is 0.271 e. The summed E-state index contributed by atoms with van der Waals surface area (Å²) in [4.78, 5) is 20.3. The van der Waals surface area contributed by atoms with Crippen molar-refractivity contribution < 1.29 is 4.79 Å². The van der Waals surface area contributed by atoms with Crippen molar-refractivity contribution in [2.24, 2.45) is 5.92 Å². The number of amides is 1. The van der Waals surface area contributed by atoms with Gasteiger partial charge in [-0.05, 0) is 12.8 Å². The number of aromatic nitrogens is 5. The number of hydrogen-bond donors (Lipinski definition) is 1. The Bertz CT molecular complexity index is 549. The SMILES string of the molecule is Cc1cnc(C(=O)N[C@@H](Cn2ccnn2)C(C)C)cn1. The van der Waals surface area contributed by atoms with Crippen molar-refractivity contribution in [3.05, 3.63) is 36.2 Å². The smallest absolute Gasteiger partial charge is 0.271 e. The molecular formula is C13H18N6O. The summed E-state index contributed by atoms with van der Waals surface area (Å²) in [6.45, 7) is 6.49. The molecule has 0 aliphatic carbocycles. The maximum absolute atomic E-state index is 12.1. The molecule has 1 N–H and O–H groups in total. The van der Waals surface area contributed by atoms with E-state index in [4.69, 9.17) is 0 Å². The molecule has 0 unspecified atom stereocenters. The van der Waals surface area contributed by atoms with Crippen molar-refractivity contribution in [3.63, 3.8) is 0 Å². The van der Waals surface area contributed by atoms with Crippen LogP contribution in [0.2, 0.25) is 0 Å². The van der Waals surface area contributed by atoms with Crippen LogP contribution in [0.1, 0.15) is 30.0 Å². The normalized spacial score (nSPS) is 12.4. The summed E-state index contributed by atoms with van der Waals surface area (Å²) in [5, 5.41) is 10.6. The van der Waals surface area contributed by atoms with Crippen molar-refractivity contribution in [1.29, 1.82) is 0 Å². The van der Waals surface area contributed by atoms with E-state index in [9.17, 15) is 4.79 Å². The van der Waals surface area contributed by atoms with Gasteiger partial charge in [0.25, 0.3) is 5.91 Å². The molecule has 0 aromatic carbocycles. The highest BCUT2D eigenvalue weighted by atomic mass is 16.2. The van der Waals surface area contributed by atoms with Crippen LogP contribution >= 0.6 is 0 Å². The topological polar surface area (TPSA) is 85.6 Å². The number of nitrogens with zero attached hydrogens (tertiary/aromatic N) is 5. The molecule has 0 saturated carbocycles. The third-order valence-electron chi connectivity index (χ3n) is 2.99. The van der Waals surface area contributed by atoms with E-state index < -0.39 is 0 Å². The Morgan fingerprint density at radius 3 is 2.70 bits per heavy atom. The minimum Gasteiger partial charge on any atom is -0.346 e. The zero-order valence-corrected chi connectivity index (χ0v) is 11.8. The lowest BCUT2D eigenvalue weighted by molar-refractivity contribution is 0.0913. The molecule has 106 valence electrons. The predicted octanol–water partition coefficient (Wildman–Crippen LogP) is 0.831. The predicted molar refractivity (Wildman–Crippen MR) is 72.9 cm³/mol. The minimum absolute atomic E-state index is 0.0488. The van der Waals surface area contributed by atoms with Crippen LogP contribution in [0.4, 0.5) is 0 Å². The molecule has 0 fully saturated rings. The minimum atomic E-state index is -0.226. The second-order valence-electron chi connectivity index (χ2n) is 4.99. The van der Waals surface area contributed by atoms with E-state index in [1.807, 2.05) is 20.8 Å². The van der Waals surface area contributed by atoms with Crippen LogP contribution in [0.3, 0.4) is 0 Å². The molecule has 0 aliphatic rings. The molecule has 2 aromatic rings. The van der Waals surface area contributed by atoms with Gasteiger partial charge in [-0.15, -0.1) is 5.10 Å². The largest absolute Gasteiger partial charge is 0.346 e. The monoisotopic (exact) mass is 274 g/mol. The summed E-state index contributed by atoms with van der Waals surface area (Å²) >= 11 is 0. The molecular weight excluding hydrogens is 256 g/mol. The number of aryl methyl sites for hydroxylation is 1. The Hall–Kier alpha value is -2.31. The van der Waals surface area contributed by atoms with Gasteiger partial charge >= 0.3 is 0 Å². The fourth-order valence-corrected chi connectivity index (χ4v) is 1.71. The van der Waals surface area contributed by atoms with Gasteiger partial charge in [0.2, 0.25) is 0 Å². The summed E-state index contributed by atoms with van der Waals surface area (Å²) in [6.07, 6.45) is 6.45. The second kappa shape index (κ2) is 6.23. The Morgan fingerprint density at radius 1 is 1.35 bits per heavy atom. The number of hydrogen-bond acceptors (Lipinski definition) is 5. The van der Waals surface area contributed by atoms with Crippen LogP contribution in [-0.4, -0.2) is 36.9 Å². The standard InChI is InChI=1S/C13H18N6O/c1-9(2)12(8-19-5-4-16-18-19)17-13(20)11-7-14-10(3)6-15-11/h4-7,9,12H,8H2,1-3H3,(H,17,20)/t12-/m0/s1. The van der Waals surface area contributed by atoms with Crippen LogP contribution < -0.4 is 5.32 Å². The molecule has 0 aliphatic heterocycles. The lowest BCUT2D eigenvalue weighted by Crippen LogP contribution is -2.42. The first kappa shape index (κ1) is 14.1. The molecule has 0 spiro atoms. The average molecular weight is 274 g/mol. The Balaban J connectivity index is 2.04. The fourth-order valence-electron chi connectivity index (χ4n) is 1.71. The van der Waals surface area contributed by atoms with Crippen molar-refractivity contribution in [3.8, 4) is 0 Å².